The van der Waals surface area contributed by atoms with Gasteiger partial charge < -0.3 is 14.5 Å². The minimum Gasteiger partial charge on any atom is -0.489 e. The third-order valence-electron chi connectivity index (χ3n) is 6.41. The monoisotopic (exact) mass is 477 g/mol. The van der Waals surface area contributed by atoms with Gasteiger partial charge in [-0.1, -0.05) is 32.0 Å². The number of amides is 4. The van der Waals surface area contributed by atoms with Crippen LogP contribution in [0.4, 0.5) is 0 Å². The summed E-state index contributed by atoms with van der Waals surface area (Å²) in [5, 5.41) is 2.32. The Labute approximate surface area is 205 Å². The summed E-state index contributed by atoms with van der Waals surface area (Å²) in [4.78, 5) is 52.9. The van der Waals surface area contributed by atoms with Crippen LogP contribution in [0.5, 0.6) is 5.75 Å². The van der Waals surface area contributed by atoms with E-state index in [-0.39, 0.29) is 37.3 Å². The van der Waals surface area contributed by atoms with Crippen LogP contribution in [0.15, 0.2) is 42.5 Å². The number of rotatable bonds is 9. The van der Waals surface area contributed by atoms with Gasteiger partial charge in [-0.05, 0) is 49.1 Å². The van der Waals surface area contributed by atoms with Crippen LogP contribution in [0.25, 0.3) is 0 Å². The second kappa shape index (κ2) is 10.7. The minimum absolute atomic E-state index is 0.0362. The summed E-state index contributed by atoms with van der Waals surface area (Å²) < 4.78 is 6.06. The van der Waals surface area contributed by atoms with Crippen LogP contribution in [0.1, 0.15) is 71.4 Å². The van der Waals surface area contributed by atoms with Crippen LogP contribution in [0.2, 0.25) is 0 Å². The maximum Gasteiger partial charge on any atom is 0.255 e. The van der Waals surface area contributed by atoms with Gasteiger partial charge in [-0.3, -0.25) is 24.5 Å². The van der Waals surface area contributed by atoms with Crippen molar-refractivity contribution < 1.29 is 23.9 Å². The number of ether oxygens (including phenoxy) is 1. The number of hydrogen-bond donors (Lipinski definition) is 1. The van der Waals surface area contributed by atoms with E-state index in [0.29, 0.717) is 23.3 Å². The first kappa shape index (κ1) is 24.4. The van der Waals surface area contributed by atoms with Gasteiger partial charge in [-0.2, -0.15) is 0 Å². The zero-order valence-electron chi connectivity index (χ0n) is 20.2. The Hall–Kier alpha value is -3.68. The fraction of sp³-hybridized carbons (Fsp3) is 0.407. The average Bonchev–Trinajstić information content (AvgIpc) is 3.19. The Kier molecular flexibility index (Phi) is 7.48. The summed E-state index contributed by atoms with van der Waals surface area (Å²) in [6.45, 7) is 6.15. The van der Waals surface area contributed by atoms with Crippen molar-refractivity contribution in [2.24, 2.45) is 0 Å². The van der Waals surface area contributed by atoms with Crippen molar-refractivity contribution >= 4 is 23.6 Å². The zero-order valence-corrected chi connectivity index (χ0v) is 20.2. The Balaban J connectivity index is 1.42. The number of hydrogen-bond acceptors (Lipinski definition) is 5. The summed E-state index contributed by atoms with van der Waals surface area (Å²) in [6.07, 6.45) is 2.37. The normalized spacial score (nSPS) is 17.3. The maximum atomic E-state index is 13.0. The quantitative estimate of drug-likeness (QED) is 0.559. The molecule has 2 aromatic carbocycles. The highest BCUT2D eigenvalue weighted by atomic mass is 16.5. The first-order valence-corrected chi connectivity index (χ1v) is 12.2. The lowest BCUT2D eigenvalue weighted by Gasteiger charge is -2.29. The molecule has 8 nitrogen and oxygen atoms in total. The van der Waals surface area contributed by atoms with Gasteiger partial charge in [0.15, 0.2) is 0 Å². The number of benzene rings is 2. The fourth-order valence-corrected chi connectivity index (χ4v) is 4.63. The zero-order chi connectivity index (χ0) is 24.9. The van der Waals surface area contributed by atoms with Crippen LogP contribution >= 0.6 is 0 Å². The topological polar surface area (TPSA) is 96.0 Å². The summed E-state index contributed by atoms with van der Waals surface area (Å²) in [7, 11) is 0. The van der Waals surface area contributed by atoms with E-state index in [4.69, 9.17) is 4.74 Å². The van der Waals surface area contributed by atoms with Crippen LogP contribution < -0.4 is 10.1 Å². The number of carbonyl (C=O) groups excluding carboxylic acids is 4. The van der Waals surface area contributed by atoms with Gasteiger partial charge in [0.05, 0.1) is 6.54 Å². The van der Waals surface area contributed by atoms with E-state index in [0.717, 1.165) is 37.1 Å². The number of fused-ring (bicyclic) bond motifs is 1. The Bertz CT molecular complexity index is 1120. The van der Waals surface area contributed by atoms with Crippen LogP contribution in [0, 0.1) is 0 Å². The third kappa shape index (κ3) is 5.21. The van der Waals surface area contributed by atoms with E-state index in [2.05, 4.69) is 19.2 Å². The van der Waals surface area contributed by atoms with E-state index in [9.17, 15) is 19.2 Å². The van der Waals surface area contributed by atoms with Crippen molar-refractivity contribution in [3.63, 3.8) is 0 Å². The first-order chi connectivity index (χ1) is 16.9. The van der Waals surface area contributed by atoms with Crippen molar-refractivity contribution in [1.82, 2.24) is 15.1 Å². The van der Waals surface area contributed by atoms with Crippen molar-refractivity contribution in [3.05, 3.63) is 64.7 Å². The minimum atomic E-state index is -0.662. The molecule has 4 amide bonds. The molecule has 8 heteroatoms. The van der Waals surface area contributed by atoms with Gasteiger partial charge in [0.2, 0.25) is 11.8 Å². The van der Waals surface area contributed by atoms with Crippen molar-refractivity contribution in [3.8, 4) is 5.75 Å². The standard InChI is InChI=1S/C27H31N3O5/c1-3-14-29(15-4-2)26(33)19-10-8-18(9-11-19)17-35-23-7-5-6-20-21(23)16-30(27(20)34)22-12-13-24(31)28-25(22)32/h5-11,22H,3-4,12-17H2,1-2H3,(H,28,31,32). The molecule has 2 aromatic rings. The van der Waals surface area contributed by atoms with Crippen LogP contribution in [-0.2, 0) is 22.7 Å². The maximum absolute atomic E-state index is 13.0. The average molecular weight is 478 g/mol. The third-order valence-corrected chi connectivity index (χ3v) is 6.41. The molecule has 1 fully saturated rings. The molecule has 0 radical (unpaired) electrons. The Morgan fingerprint density at radius 1 is 1.06 bits per heavy atom. The van der Waals surface area contributed by atoms with Crippen molar-refractivity contribution in [2.75, 3.05) is 13.1 Å². The van der Waals surface area contributed by atoms with Gasteiger partial charge in [0.1, 0.15) is 18.4 Å². The molecule has 2 heterocycles. The number of piperidine rings is 1. The summed E-state index contributed by atoms with van der Waals surface area (Å²) >= 11 is 0. The number of nitrogens with one attached hydrogen (secondary N) is 1. The molecule has 0 aromatic heterocycles. The van der Waals surface area contributed by atoms with Crippen molar-refractivity contribution in [2.45, 2.75) is 58.7 Å². The number of carbonyl (C=O) groups is 4. The molecule has 1 N–H and O–H groups in total. The molecule has 0 spiro atoms. The van der Waals surface area contributed by atoms with Crippen LogP contribution in [0.3, 0.4) is 0 Å². The van der Waals surface area contributed by atoms with Gasteiger partial charge in [-0.25, -0.2) is 0 Å². The second-order valence-electron chi connectivity index (χ2n) is 8.96. The molecule has 184 valence electrons. The molecule has 0 aliphatic carbocycles. The molecule has 4 rings (SSSR count). The summed E-state index contributed by atoms with van der Waals surface area (Å²) in [5.74, 6) is -0.352. The predicted octanol–water partition coefficient (Wildman–Crippen LogP) is 3.29. The van der Waals surface area contributed by atoms with E-state index in [1.54, 1.807) is 12.1 Å². The molecule has 1 saturated heterocycles. The molecular formula is C27H31N3O5. The SMILES string of the molecule is CCCN(CCC)C(=O)c1ccc(COc2cccc3c2CN(C2CCC(=O)NC2=O)C3=O)cc1. The lowest BCUT2D eigenvalue weighted by atomic mass is 10.0. The lowest BCUT2D eigenvalue weighted by molar-refractivity contribution is -0.136. The molecule has 0 bridgehead atoms. The van der Waals surface area contributed by atoms with E-state index in [1.165, 1.54) is 4.90 Å². The molecule has 2 aliphatic rings. The van der Waals surface area contributed by atoms with Gasteiger partial charge >= 0.3 is 0 Å². The molecule has 2 aliphatic heterocycles. The molecular weight excluding hydrogens is 446 g/mol. The predicted molar refractivity (Wildman–Crippen MR) is 130 cm³/mol. The van der Waals surface area contributed by atoms with Gasteiger partial charge in [0.25, 0.3) is 11.8 Å². The Morgan fingerprint density at radius 2 is 1.77 bits per heavy atom. The molecule has 0 saturated carbocycles. The summed E-state index contributed by atoms with van der Waals surface area (Å²) in [5.41, 5.74) is 2.81. The number of nitrogens with zero attached hydrogens (tertiary/aromatic N) is 2. The van der Waals surface area contributed by atoms with Gasteiger partial charge in [0, 0.05) is 36.2 Å². The molecule has 1 unspecified atom stereocenters. The van der Waals surface area contributed by atoms with Crippen molar-refractivity contribution in [1.29, 1.82) is 0 Å². The smallest absolute Gasteiger partial charge is 0.255 e. The second-order valence-corrected chi connectivity index (χ2v) is 8.96. The Morgan fingerprint density at radius 3 is 2.43 bits per heavy atom. The largest absolute Gasteiger partial charge is 0.489 e. The summed E-state index contributed by atoms with van der Waals surface area (Å²) in [6, 6.07) is 12.1. The highest BCUT2D eigenvalue weighted by Crippen LogP contribution is 2.34. The van der Waals surface area contributed by atoms with E-state index in [1.807, 2.05) is 35.2 Å². The highest BCUT2D eigenvalue weighted by Gasteiger charge is 2.40. The molecule has 1 atom stereocenters. The van der Waals surface area contributed by atoms with Crippen LogP contribution in [-0.4, -0.2) is 52.6 Å². The number of imide groups is 1. The molecule has 35 heavy (non-hydrogen) atoms. The van der Waals surface area contributed by atoms with E-state index >= 15 is 0 Å². The van der Waals surface area contributed by atoms with E-state index < -0.39 is 11.9 Å². The first-order valence-electron chi connectivity index (χ1n) is 12.2. The van der Waals surface area contributed by atoms with Gasteiger partial charge in [-0.15, -0.1) is 0 Å². The fourth-order valence-electron chi connectivity index (χ4n) is 4.63. The lowest BCUT2D eigenvalue weighted by Crippen LogP contribution is -2.52. The highest BCUT2D eigenvalue weighted by molar-refractivity contribution is 6.05.